The minimum absolute atomic E-state index is 0.132. The predicted octanol–water partition coefficient (Wildman–Crippen LogP) is 2.71. The highest BCUT2D eigenvalue weighted by atomic mass is 16.5. The second kappa shape index (κ2) is 8.26. The number of nitrogens with one attached hydrogen (secondary N) is 1. The lowest BCUT2D eigenvalue weighted by molar-refractivity contribution is 0.155. The number of fused-ring (bicyclic) bond motifs is 1. The first-order valence-corrected chi connectivity index (χ1v) is 9.04. The van der Waals surface area contributed by atoms with Gasteiger partial charge in [0.05, 0.1) is 18.3 Å². The summed E-state index contributed by atoms with van der Waals surface area (Å²) in [5.41, 5.74) is 3.29. The van der Waals surface area contributed by atoms with E-state index in [4.69, 9.17) is 4.74 Å². The third-order valence-corrected chi connectivity index (χ3v) is 4.87. The number of likely N-dealkylation sites (N-methyl/N-ethyl adjacent to an activating group) is 1. The number of carbonyl (C=O) groups excluding carboxylic acids is 1. The molecule has 0 bridgehead atoms. The summed E-state index contributed by atoms with van der Waals surface area (Å²) in [6.45, 7) is 3.83. The van der Waals surface area contributed by atoms with Crippen LogP contribution in [-0.4, -0.2) is 52.6 Å². The number of aromatic nitrogens is 3. The lowest BCUT2D eigenvalue weighted by Crippen LogP contribution is -2.42. The SMILES string of the molecule is COC[C@H](NC(=O)N(C)CCn1c(C)cc2ccccc21)c1ccnn1C. The van der Waals surface area contributed by atoms with Crippen molar-refractivity contribution in [3.63, 3.8) is 0 Å². The van der Waals surface area contributed by atoms with Crippen molar-refractivity contribution >= 4 is 16.9 Å². The van der Waals surface area contributed by atoms with Gasteiger partial charge in [-0.05, 0) is 30.5 Å². The maximum atomic E-state index is 12.7. The van der Waals surface area contributed by atoms with Crippen molar-refractivity contribution in [3.05, 3.63) is 54.0 Å². The van der Waals surface area contributed by atoms with Gasteiger partial charge in [-0.25, -0.2) is 4.79 Å². The summed E-state index contributed by atoms with van der Waals surface area (Å²) in [6, 6.07) is 12.0. The second-order valence-corrected chi connectivity index (χ2v) is 6.75. The van der Waals surface area contributed by atoms with Crippen molar-refractivity contribution in [1.29, 1.82) is 0 Å². The van der Waals surface area contributed by atoms with Gasteiger partial charge >= 0.3 is 6.03 Å². The lowest BCUT2D eigenvalue weighted by Gasteiger charge is -2.24. The number of urea groups is 1. The number of benzene rings is 1. The van der Waals surface area contributed by atoms with Gasteiger partial charge in [0.25, 0.3) is 0 Å². The van der Waals surface area contributed by atoms with E-state index in [9.17, 15) is 4.79 Å². The highest BCUT2D eigenvalue weighted by Gasteiger charge is 2.20. The highest BCUT2D eigenvalue weighted by molar-refractivity contribution is 5.81. The number of carbonyl (C=O) groups is 1. The molecule has 7 heteroatoms. The average Bonchev–Trinajstić information content (AvgIpc) is 3.21. The number of ether oxygens (including phenoxy) is 1. The third-order valence-electron chi connectivity index (χ3n) is 4.87. The van der Waals surface area contributed by atoms with E-state index in [1.165, 1.54) is 16.6 Å². The Kier molecular flexibility index (Phi) is 5.81. The molecular formula is C20H27N5O2. The Balaban J connectivity index is 1.64. The van der Waals surface area contributed by atoms with Crippen molar-refractivity contribution in [2.45, 2.75) is 19.5 Å². The molecule has 2 heterocycles. The summed E-state index contributed by atoms with van der Waals surface area (Å²) in [7, 11) is 5.29. The van der Waals surface area contributed by atoms with E-state index in [0.29, 0.717) is 13.2 Å². The first-order chi connectivity index (χ1) is 13.0. The van der Waals surface area contributed by atoms with Gasteiger partial charge in [0.1, 0.15) is 0 Å². The molecule has 7 nitrogen and oxygen atoms in total. The zero-order valence-electron chi connectivity index (χ0n) is 16.3. The summed E-state index contributed by atoms with van der Waals surface area (Å²) >= 11 is 0. The number of hydrogen-bond acceptors (Lipinski definition) is 3. The van der Waals surface area contributed by atoms with Gasteiger partial charge in [-0.2, -0.15) is 5.10 Å². The first-order valence-electron chi connectivity index (χ1n) is 9.04. The predicted molar refractivity (Wildman–Crippen MR) is 106 cm³/mol. The molecule has 2 amide bonds. The molecule has 0 aliphatic carbocycles. The quantitative estimate of drug-likeness (QED) is 0.696. The standard InChI is InChI=1S/C20H27N5O2/c1-15-13-16-7-5-6-8-18(16)25(15)12-11-23(2)20(26)22-17(14-27-4)19-9-10-21-24(19)3/h5-10,13,17H,11-12,14H2,1-4H3,(H,22,26)/t17-/m0/s1. The maximum Gasteiger partial charge on any atom is 0.317 e. The third kappa shape index (κ3) is 4.14. The van der Waals surface area contributed by atoms with Crippen LogP contribution in [0, 0.1) is 6.92 Å². The molecule has 0 saturated heterocycles. The highest BCUT2D eigenvalue weighted by Crippen LogP contribution is 2.19. The number of methoxy groups -OCH3 is 1. The fraction of sp³-hybridized carbons (Fsp3) is 0.400. The van der Waals surface area contributed by atoms with Gasteiger partial charge in [0, 0.05) is 51.7 Å². The number of aryl methyl sites for hydroxylation is 2. The van der Waals surface area contributed by atoms with Crippen molar-refractivity contribution in [2.24, 2.45) is 7.05 Å². The minimum Gasteiger partial charge on any atom is -0.382 e. The van der Waals surface area contributed by atoms with E-state index in [1.807, 2.05) is 32.3 Å². The molecule has 0 radical (unpaired) electrons. The van der Waals surface area contributed by atoms with Gasteiger partial charge in [-0.3, -0.25) is 4.68 Å². The van der Waals surface area contributed by atoms with Gasteiger partial charge in [-0.1, -0.05) is 18.2 Å². The molecule has 1 atom stereocenters. The molecule has 1 N–H and O–H groups in total. The van der Waals surface area contributed by atoms with E-state index in [2.05, 4.69) is 40.1 Å². The van der Waals surface area contributed by atoms with Crippen LogP contribution in [-0.2, 0) is 18.3 Å². The van der Waals surface area contributed by atoms with E-state index < -0.39 is 0 Å². The zero-order valence-corrected chi connectivity index (χ0v) is 16.3. The normalized spacial score (nSPS) is 12.3. The number of rotatable bonds is 7. The monoisotopic (exact) mass is 369 g/mol. The van der Waals surface area contributed by atoms with E-state index in [-0.39, 0.29) is 12.1 Å². The Labute approximate surface area is 159 Å². The van der Waals surface area contributed by atoms with E-state index in [0.717, 1.165) is 12.2 Å². The van der Waals surface area contributed by atoms with E-state index in [1.54, 1.807) is 22.9 Å². The first kappa shape index (κ1) is 19.0. The Morgan fingerprint density at radius 3 is 2.81 bits per heavy atom. The number of nitrogens with zero attached hydrogens (tertiary/aromatic N) is 4. The summed E-state index contributed by atoms with van der Waals surface area (Å²) in [4.78, 5) is 14.4. The molecule has 0 saturated carbocycles. The van der Waals surface area contributed by atoms with Gasteiger partial charge in [-0.15, -0.1) is 0 Å². The van der Waals surface area contributed by atoms with Crippen LogP contribution in [0.3, 0.4) is 0 Å². The summed E-state index contributed by atoms with van der Waals surface area (Å²) < 4.78 is 9.26. The molecule has 2 aromatic heterocycles. The molecule has 0 fully saturated rings. The molecule has 3 aromatic rings. The van der Waals surface area contributed by atoms with Crippen molar-refractivity contribution in [1.82, 2.24) is 24.6 Å². The molecule has 0 aliphatic rings. The molecule has 27 heavy (non-hydrogen) atoms. The second-order valence-electron chi connectivity index (χ2n) is 6.75. The lowest BCUT2D eigenvalue weighted by atomic mass is 10.2. The fourth-order valence-corrected chi connectivity index (χ4v) is 3.35. The van der Waals surface area contributed by atoms with Gasteiger partial charge in [0.15, 0.2) is 0 Å². The van der Waals surface area contributed by atoms with Crippen LogP contribution in [0.1, 0.15) is 17.4 Å². The van der Waals surface area contributed by atoms with Crippen LogP contribution in [0.15, 0.2) is 42.6 Å². The Morgan fingerprint density at radius 1 is 1.33 bits per heavy atom. The Hall–Kier alpha value is -2.80. The van der Waals surface area contributed by atoms with Gasteiger partial charge in [0.2, 0.25) is 0 Å². The minimum atomic E-state index is -0.244. The topological polar surface area (TPSA) is 64.3 Å². The Morgan fingerprint density at radius 2 is 2.11 bits per heavy atom. The molecule has 144 valence electrons. The molecule has 1 aromatic carbocycles. The smallest absolute Gasteiger partial charge is 0.317 e. The van der Waals surface area contributed by atoms with Crippen LogP contribution in [0.5, 0.6) is 0 Å². The van der Waals surface area contributed by atoms with Crippen LogP contribution in [0.2, 0.25) is 0 Å². The van der Waals surface area contributed by atoms with Crippen LogP contribution < -0.4 is 5.32 Å². The van der Waals surface area contributed by atoms with Gasteiger partial charge < -0.3 is 19.5 Å². The summed E-state index contributed by atoms with van der Waals surface area (Å²) in [5, 5.41) is 8.43. The maximum absolute atomic E-state index is 12.7. The Bertz CT molecular complexity index is 914. The van der Waals surface area contributed by atoms with Crippen molar-refractivity contribution < 1.29 is 9.53 Å². The van der Waals surface area contributed by atoms with Crippen molar-refractivity contribution in [3.8, 4) is 0 Å². The number of amides is 2. The van der Waals surface area contributed by atoms with Crippen LogP contribution >= 0.6 is 0 Å². The fourth-order valence-electron chi connectivity index (χ4n) is 3.35. The number of hydrogen-bond donors (Lipinski definition) is 1. The molecule has 3 rings (SSSR count). The van der Waals surface area contributed by atoms with Crippen LogP contribution in [0.4, 0.5) is 4.79 Å². The average molecular weight is 369 g/mol. The summed E-state index contributed by atoms with van der Waals surface area (Å²) in [5.74, 6) is 0. The molecule has 0 unspecified atom stereocenters. The molecule has 0 spiro atoms. The van der Waals surface area contributed by atoms with E-state index >= 15 is 0 Å². The van der Waals surface area contributed by atoms with Crippen molar-refractivity contribution in [2.75, 3.05) is 27.3 Å². The zero-order chi connectivity index (χ0) is 19.4. The molecular weight excluding hydrogens is 342 g/mol. The summed E-state index contributed by atoms with van der Waals surface area (Å²) in [6.07, 6.45) is 1.72. The van der Waals surface area contributed by atoms with Crippen LogP contribution in [0.25, 0.3) is 10.9 Å². The molecule has 0 aliphatic heterocycles. The number of para-hydroxylation sites is 1. The largest absolute Gasteiger partial charge is 0.382 e.